The zero-order valence-electron chi connectivity index (χ0n) is 13.6. The second-order valence-corrected chi connectivity index (χ2v) is 7.02. The van der Waals surface area contributed by atoms with Crippen LogP contribution in [0.4, 0.5) is 32.0 Å². The maximum Gasteiger partial charge on any atom is 0.451 e. The van der Waals surface area contributed by atoms with E-state index < -0.39 is 39.9 Å². The predicted octanol–water partition coefficient (Wildman–Crippen LogP) is 4.63. The Morgan fingerprint density at radius 1 is 1.19 bits per heavy atom. The molecule has 1 aromatic heterocycles. The Morgan fingerprint density at radius 3 is 2.33 bits per heavy atom. The summed E-state index contributed by atoms with van der Waals surface area (Å²) >= 11 is 6.17. The number of anilines is 1. The van der Waals surface area contributed by atoms with Crippen molar-refractivity contribution in [3.05, 3.63) is 34.6 Å². The van der Waals surface area contributed by atoms with Gasteiger partial charge in [-0.3, -0.25) is 4.79 Å². The molecule has 2 aromatic rings. The van der Waals surface area contributed by atoms with Gasteiger partial charge >= 0.3 is 12.4 Å². The first-order valence-electron chi connectivity index (χ1n) is 7.11. The SMILES string of the molecule is CC(Sc1nnc(C(F)(F)F)n1C)C(=O)Nc1ccc(Cl)c(C(F)(F)F)c1. The van der Waals surface area contributed by atoms with Crippen LogP contribution < -0.4 is 5.32 Å². The third-order valence-electron chi connectivity index (χ3n) is 3.28. The fourth-order valence-electron chi connectivity index (χ4n) is 1.94. The van der Waals surface area contributed by atoms with E-state index in [4.69, 9.17) is 11.6 Å². The number of alkyl halides is 6. The molecule has 5 nitrogen and oxygen atoms in total. The summed E-state index contributed by atoms with van der Waals surface area (Å²) in [5.41, 5.74) is -1.27. The van der Waals surface area contributed by atoms with Crippen molar-refractivity contribution in [1.82, 2.24) is 14.8 Å². The van der Waals surface area contributed by atoms with Crippen molar-refractivity contribution in [2.75, 3.05) is 5.32 Å². The first-order valence-corrected chi connectivity index (χ1v) is 8.37. The van der Waals surface area contributed by atoms with E-state index in [9.17, 15) is 31.1 Å². The predicted molar refractivity (Wildman–Crippen MR) is 86.4 cm³/mol. The van der Waals surface area contributed by atoms with Gasteiger partial charge in [-0.15, -0.1) is 10.2 Å². The molecule has 0 saturated carbocycles. The molecule has 0 bridgehead atoms. The molecule has 0 saturated heterocycles. The van der Waals surface area contributed by atoms with E-state index in [1.54, 1.807) is 0 Å². The number of nitrogens with one attached hydrogen (secondary N) is 1. The van der Waals surface area contributed by atoms with Crippen LogP contribution in [-0.2, 0) is 24.2 Å². The van der Waals surface area contributed by atoms with Gasteiger partial charge in [-0.1, -0.05) is 23.4 Å². The Kier molecular flexibility index (Phi) is 6.00. The lowest BCUT2D eigenvalue weighted by molar-refractivity contribution is -0.147. The van der Waals surface area contributed by atoms with Gasteiger partial charge in [0.05, 0.1) is 15.8 Å². The number of carbonyl (C=O) groups excluding carboxylic acids is 1. The van der Waals surface area contributed by atoms with Crippen LogP contribution in [-0.4, -0.2) is 25.9 Å². The molecule has 1 N–H and O–H groups in total. The van der Waals surface area contributed by atoms with Gasteiger partial charge in [0.25, 0.3) is 0 Å². The highest BCUT2D eigenvalue weighted by Crippen LogP contribution is 2.36. The lowest BCUT2D eigenvalue weighted by Gasteiger charge is -2.14. The van der Waals surface area contributed by atoms with Gasteiger partial charge in [-0.05, 0) is 25.1 Å². The van der Waals surface area contributed by atoms with Crippen LogP contribution in [0.15, 0.2) is 23.4 Å². The smallest absolute Gasteiger partial charge is 0.325 e. The summed E-state index contributed by atoms with van der Waals surface area (Å²) < 4.78 is 77.3. The Hall–Kier alpha value is -1.95. The average Bonchev–Trinajstić information content (AvgIpc) is 2.89. The van der Waals surface area contributed by atoms with Crippen molar-refractivity contribution in [2.45, 2.75) is 29.7 Å². The lowest BCUT2D eigenvalue weighted by atomic mass is 10.2. The molecule has 0 fully saturated rings. The number of aromatic nitrogens is 3. The lowest BCUT2D eigenvalue weighted by Crippen LogP contribution is -2.23. The van der Waals surface area contributed by atoms with E-state index in [0.717, 1.165) is 13.1 Å². The van der Waals surface area contributed by atoms with Crippen molar-refractivity contribution in [3.8, 4) is 0 Å². The first-order chi connectivity index (χ1) is 12.3. The number of carbonyl (C=O) groups is 1. The molecule has 1 unspecified atom stereocenters. The van der Waals surface area contributed by atoms with Crippen LogP contribution in [0.5, 0.6) is 0 Å². The Bertz CT molecular complexity index is 851. The molecule has 13 heteroatoms. The van der Waals surface area contributed by atoms with Crippen molar-refractivity contribution >= 4 is 35.0 Å². The van der Waals surface area contributed by atoms with Crippen molar-refractivity contribution in [2.24, 2.45) is 7.05 Å². The van der Waals surface area contributed by atoms with Gasteiger partial charge in [0.2, 0.25) is 11.7 Å². The highest BCUT2D eigenvalue weighted by Gasteiger charge is 2.38. The minimum atomic E-state index is -4.71. The number of thioether (sulfide) groups is 1. The third-order valence-corrected chi connectivity index (χ3v) is 4.74. The number of benzene rings is 1. The van der Waals surface area contributed by atoms with E-state index in [1.807, 2.05) is 0 Å². The van der Waals surface area contributed by atoms with Crippen LogP contribution in [0.25, 0.3) is 0 Å². The van der Waals surface area contributed by atoms with Gasteiger partial charge < -0.3 is 9.88 Å². The Balaban J connectivity index is 2.12. The number of hydrogen-bond donors (Lipinski definition) is 1. The molecular weight excluding hydrogens is 422 g/mol. The summed E-state index contributed by atoms with van der Waals surface area (Å²) in [7, 11) is 1.09. The summed E-state index contributed by atoms with van der Waals surface area (Å²) in [5.74, 6) is -1.96. The standard InChI is InChI=1S/C14H11ClF6N4OS/c1-6(27-12-24-23-11(25(12)2)14(19,20)21)10(26)22-7-3-4-9(15)8(5-7)13(16,17)18/h3-6H,1-2H3,(H,22,26). The fraction of sp³-hybridized carbons (Fsp3) is 0.357. The number of rotatable bonds is 4. The normalized spacial score (nSPS) is 13.5. The number of hydrogen-bond acceptors (Lipinski definition) is 4. The second kappa shape index (κ2) is 7.58. The number of nitrogens with zero attached hydrogens (tertiary/aromatic N) is 3. The van der Waals surface area contributed by atoms with Crippen molar-refractivity contribution < 1.29 is 31.1 Å². The van der Waals surface area contributed by atoms with Crippen molar-refractivity contribution in [3.63, 3.8) is 0 Å². The van der Waals surface area contributed by atoms with Crippen molar-refractivity contribution in [1.29, 1.82) is 0 Å². The highest BCUT2D eigenvalue weighted by molar-refractivity contribution is 8.00. The quantitative estimate of drug-likeness (QED) is 0.565. The van der Waals surface area contributed by atoms with Gasteiger partial charge in [0.15, 0.2) is 5.16 Å². The summed E-state index contributed by atoms with van der Waals surface area (Å²) in [6, 6.07) is 2.83. The molecule has 0 spiro atoms. The number of amides is 1. The maximum absolute atomic E-state index is 12.8. The summed E-state index contributed by atoms with van der Waals surface area (Å²) in [6.45, 7) is 1.36. The van der Waals surface area contributed by atoms with E-state index in [1.165, 1.54) is 13.0 Å². The molecule has 0 aliphatic carbocycles. The van der Waals surface area contributed by atoms with Crippen LogP contribution >= 0.6 is 23.4 Å². The summed E-state index contributed by atoms with van der Waals surface area (Å²) in [6.07, 6.45) is -9.41. The topological polar surface area (TPSA) is 59.8 Å². The van der Waals surface area contributed by atoms with Gasteiger partial charge in [-0.25, -0.2) is 0 Å². The number of halogens is 7. The first kappa shape index (κ1) is 21.4. The highest BCUT2D eigenvalue weighted by atomic mass is 35.5. The minimum absolute atomic E-state index is 0.155. The minimum Gasteiger partial charge on any atom is -0.325 e. The van der Waals surface area contributed by atoms with Crippen LogP contribution in [0.2, 0.25) is 5.02 Å². The second-order valence-electron chi connectivity index (χ2n) is 5.30. The molecule has 148 valence electrons. The zero-order chi connectivity index (χ0) is 20.6. The molecule has 1 aromatic carbocycles. The molecule has 0 radical (unpaired) electrons. The van der Waals surface area contributed by atoms with Crippen LogP contribution in [0.3, 0.4) is 0 Å². The zero-order valence-corrected chi connectivity index (χ0v) is 15.2. The van der Waals surface area contributed by atoms with E-state index >= 15 is 0 Å². The average molecular weight is 433 g/mol. The molecule has 27 heavy (non-hydrogen) atoms. The third kappa shape index (κ3) is 5.06. The van der Waals surface area contributed by atoms with Crippen LogP contribution in [0.1, 0.15) is 18.3 Å². The molecule has 2 rings (SSSR count). The largest absolute Gasteiger partial charge is 0.451 e. The molecular formula is C14H11ClF6N4OS. The Labute approximate surface area is 158 Å². The molecule has 0 aliphatic heterocycles. The Morgan fingerprint density at radius 2 is 1.81 bits per heavy atom. The maximum atomic E-state index is 12.8. The fourth-order valence-corrected chi connectivity index (χ4v) is 2.98. The van der Waals surface area contributed by atoms with E-state index in [2.05, 4.69) is 15.5 Å². The molecule has 1 atom stereocenters. The summed E-state index contributed by atoms with van der Waals surface area (Å²) in [5, 5.41) is 7.01. The van der Waals surface area contributed by atoms with Crippen LogP contribution in [0, 0.1) is 0 Å². The summed E-state index contributed by atoms with van der Waals surface area (Å²) in [4.78, 5) is 12.2. The monoisotopic (exact) mass is 432 g/mol. The van der Waals surface area contributed by atoms with E-state index in [0.29, 0.717) is 22.4 Å². The van der Waals surface area contributed by atoms with Gasteiger partial charge in [0.1, 0.15) is 0 Å². The molecule has 0 aliphatic rings. The van der Waals surface area contributed by atoms with Gasteiger partial charge in [0, 0.05) is 12.7 Å². The van der Waals surface area contributed by atoms with E-state index in [-0.39, 0.29) is 10.8 Å². The molecule has 1 amide bonds. The molecule has 1 heterocycles. The van der Waals surface area contributed by atoms with Gasteiger partial charge in [-0.2, -0.15) is 26.3 Å².